The lowest BCUT2D eigenvalue weighted by Gasteiger charge is -2.19. The maximum absolute atomic E-state index is 12.8. The van der Waals surface area contributed by atoms with Crippen molar-refractivity contribution in [1.82, 2.24) is 4.90 Å². The highest BCUT2D eigenvalue weighted by Gasteiger charge is 2.39. The van der Waals surface area contributed by atoms with Crippen LogP contribution in [-0.2, 0) is 15.7 Å². The molecule has 0 saturated heterocycles. The van der Waals surface area contributed by atoms with Gasteiger partial charge >= 0.3 is 12.1 Å². The number of hydrogen-bond acceptors (Lipinski definition) is 7. The fraction of sp³-hybridized carbons (Fsp3) is 0.621. The average molecular weight is 558 g/mol. The number of esters is 1. The van der Waals surface area contributed by atoms with Crippen molar-refractivity contribution < 1.29 is 42.8 Å². The molecule has 1 fully saturated rings. The molecule has 0 radical (unpaired) electrons. The number of allylic oxidation sites excluding steroid dienone is 2. The summed E-state index contributed by atoms with van der Waals surface area (Å²) in [6, 6.07) is 4.41. The minimum Gasteiger partial charge on any atom is -0.491 e. The number of likely N-dealkylation sites (N-methyl/N-ethyl adjacent to an activating group) is 1. The van der Waals surface area contributed by atoms with Gasteiger partial charge in [0.05, 0.1) is 17.8 Å². The zero-order chi connectivity index (χ0) is 28.8. The maximum Gasteiger partial charge on any atom is 0.416 e. The summed E-state index contributed by atoms with van der Waals surface area (Å²) in [4.78, 5) is 14.0. The van der Waals surface area contributed by atoms with Crippen LogP contribution in [-0.4, -0.2) is 77.3 Å². The van der Waals surface area contributed by atoms with E-state index in [1.807, 2.05) is 12.2 Å². The number of rotatable bonds is 16. The number of nitrogens with zero attached hydrogens (tertiary/aromatic N) is 1. The van der Waals surface area contributed by atoms with Gasteiger partial charge in [-0.2, -0.15) is 13.2 Å². The first-order valence-corrected chi connectivity index (χ1v) is 13.6. The van der Waals surface area contributed by atoms with Crippen LogP contribution < -0.4 is 4.74 Å². The first-order valence-electron chi connectivity index (χ1n) is 13.6. The standard InChI is InChI=1S/C29H42F3NO6/c1-3-33(4-2)16-17-38-28(37)13-8-6-5-7-12-24-25(27(36)19-26(24)35)15-14-22(34)20-39-23-11-9-10-21(18-23)29(30,31)32/h5,7,9-11,14-15,18,22,24-27,34-36H,3-4,6,8,12-13,16-17,19-20H2,1-2H3/t22-,24-,25-,26+,27-/m1/s1. The van der Waals surface area contributed by atoms with E-state index >= 15 is 0 Å². The summed E-state index contributed by atoms with van der Waals surface area (Å²) in [7, 11) is 0. The molecule has 10 heteroatoms. The van der Waals surface area contributed by atoms with Crippen LogP contribution in [0.3, 0.4) is 0 Å². The van der Waals surface area contributed by atoms with Crippen molar-refractivity contribution in [3.05, 3.63) is 54.1 Å². The molecule has 5 atom stereocenters. The highest BCUT2D eigenvalue weighted by atomic mass is 19.4. The Morgan fingerprint density at radius 3 is 2.62 bits per heavy atom. The largest absolute Gasteiger partial charge is 0.491 e. The first kappa shape index (κ1) is 32.8. The summed E-state index contributed by atoms with van der Waals surface area (Å²) < 4.78 is 49.1. The van der Waals surface area contributed by atoms with Crippen molar-refractivity contribution >= 4 is 5.97 Å². The van der Waals surface area contributed by atoms with Crippen LogP contribution >= 0.6 is 0 Å². The third-order valence-electron chi connectivity index (χ3n) is 6.95. The maximum atomic E-state index is 12.8. The predicted octanol–water partition coefficient (Wildman–Crippen LogP) is 4.36. The Kier molecular flexibility index (Phi) is 14.0. The second-order valence-corrected chi connectivity index (χ2v) is 9.75. The summed E-state index contributed by atoms with van der Waals surface area (Å²) in [5.74, 6) is -0.877. The number of benzene rings is 1. The smallest absolute Gasteiger partial charge is 0.416 e. The molecule has 39 heavy (non-hydrogen) atoms. The minimum atomic E-state index is -4.49. The summed E-state index contributed by atoms with van der Waals surface area (Å²) in [6.45, 7) is 6.82. The van der Waals surface area contributed by atoms with Crippen molar-refractivity contribution in [2.45, 2.75) is 70.4 Å². The van der Waals surface area contributed by atoms with Gasteiger partial charge < -0.3 is 29.7 Å². The summed E-state index contributed by atoms with van der Waals surface area (Å²) in [5.41, 5.74) is -0.838. The molecule has 0 bridgehead atoms. The van der Waals surface area contributed by atoms with E-state index < -0.39 is 36.0 Å². The number of carbonyl (C=O) groups excluding carboxylic acids is 1. The SMILES string of the molecule is CCN(CC)CCOC(=O)CCCC=CC[C@@H]1[C@@H](C=C[C@@H](O)COc2cccc(C(F)(F)F)c2)[C@H](O)C[C@@H]1O. The monoisotopic (exact) mass is 557 g/mol. The Morgan fingerprint density at radius 1 is 1.18 bits per heavy atom. The molecule has 2 rings (SSSR count). The van der Waals surface area contributed by atoms with E-state index in [-0.39, 0.29) is 30.7 Å². The second-order valence-electron chi connectivity index (χ2n) is 9.75. The van der Waals surface area contributed by atoms with Crippen molar-refractivity contribution in [2.75, 3.05) is 32.8 Å². The van der Waals surface area contributed by atoms with E-state index in [0.29, 0.717) is 32.3 Å². The van der Waals surface area contributed by atoms with E-state index in [0.717, 1.165) is 31.8 Å². The van der Waals surface area contributed by atoms with Crippen LogP contribution in [0.25, 0.3) is 0 Å². The number of halogens is 3. The number of hydrogen-bond donors (Lipinski definition) is 3. The number of ether oxygens (including phenoxy) is 2. The summed E-state index contributed by atoms with van der Waals surface area (Å²) in [5, 5.41) is 31.0. The second kappa shape index (κ2) is 16.6. The Morgan fingerprint density at radius 2 is 1.92 bits per heavy atom. The lowest BCUT2D eigenvalue weighted by molar-refractivity contribution is -0.144. The predicted molar refractivity (Wildman–Crippen MR) is 142 cm³/mol. The molecule has 0 spiro atoms. The quantitative estimate of drug-likeness (QED) is 0.158. The molecule has 1 aromatic rings. The summed E-state index contributed by atoms with van der Waals surface area (Å²) >= 11 is 0. The highest BCUT2D eigenvalue weighted by molar-refractivity contribution is 5.69. The third kappa shape index (κ3) is 11.7. The Bertz CT molecular complexity index is 919. The molecule has 1 aromatic carbocycles. The van der Waals surface area contributed by atoms with Gasteiger partial charge in [-0.15, -0.1) is 0 Å². The molecule has 0 heterocycles. The minimum absolute atomic E-state index is 0.00972. The van der Waals surface area contributed by atoms with Gasteiger partial charge in [0.2, 0.25) is 0 Å². The van der Waals surface area contributed by atoms with E-state index in [2.05, 4.69) is 18.7 Å². The molecule has 0 aliphatic heterocycles. The molecule has 1 saturated carbocycles. The Labute approximate surface area is 228 Å². The van der Waals surface area contributed by atoms with Crippen molar-refractivity contribution in [3.8, 4) is 5.75 Å². The van der Waals surface area contributed by atoms with Gasteiger partial charge in [0.15, 0.2) is 0 Å². The van der Waals surface area contributed by atoms with E-state index in [9.17, 15) is 33.3 Å². The van der Waals surface area contributed by atoms with Crippen LogP contribution in [0.1, 0.15) is 51.5 Å². The molecule has 220 valence electrons. The molecule has 0 amide bonds. The lowest BCUT2D eigenvalue weighted by Crippen LogP contribution is -2.27. The molecule has 1 aliphatic rings. The normalized spacial score (nSPS) is 22.7. The first-order chi connectivity index (χ1) is 18.5. The number of aliphatic hydroxyl groups is 3. The molecule has 0 unspecified atom stereocenters. The van der Waals surface area contributed by atoms with Gasteiger partial charge in [0.1, 0.15) is 25.1 Å². The van der Waals surface area contributed by atoms with E-state index in [1.54, 1.807) is 6.08 Å². The molecule has 7 nitrogen and oxygen atoms in total. The van der Waals surface area contributed by atoms with Crippen molar-refractivity contribution in [2.24, 2.45) is 11.8 Å². The lowest BCUT2D eigenvalue weighted by atomic mass is 9.89. The number of alkyl halides is 3. The van der Waals surface area contributed by atoms with Crippen molar-refractivity contribution in [1.29, 1.82) is 0 Å². The number of unbranched alkanes of at least 4 members (excludes halogenated alkanes) is 1. The zero-order valence-electron chi connectivity index (χ0n) is 22.7. The van der Waals surface area contributed by atoms with Gasteiger partial charge in [-0.3, -0.25) is 4.79 Å². The van der Waals surface area contributed by atoms with Gasteiger partial charge in [-0.05, 0) is 56.5 Å². The highest BCUT2D eigenvalue weighted by Crippen LogP contribution is 2.36. The molecular weight excluding hydrogens is 515 g/mol. The Hall–Kier alpha value is -2.40. The number of aliphatic hydroxyl groups excluding tert-OH is 3. The molecule has 3 N–H and O–H groups in total. The third-order valence-corrected chi connectivity index (χ3v) is 6.95. The average Bonchev–Trinajstić information content (AvgIpc) is 3.17. The van der Waals surface area contributed by atoms with Crippen LogP contribution in [0.5, 0.6) is 5.75 Å². The fourth-order valence-corrected chi connectivity index (χ4v) is 4.60. The van der Waals surface area contributed by atoms with Crippen LogP contribution in [0.15, 0.2) is 48.6 Å². The molecular formula is C29H42F3NO6. The van der Waals surface area contributed by atoms with Crippen LogP contribution in [0.4, 0.5) is 13.2 Å². The topological polar surface area (TPSA) is 99.5 Å². The zero-order valence-corrected chi connectivity index (χ0v) is 22.7. The summed E-state index contributed by atoms with van der Waals surface area (Å²) in [6.07, 6.45) is 2.24. The van der Waals surface area contributed by atoms with Gasteiger partial charge in [-0.1, -0.05) is 44.2 Å². The fourth-order valence-electron chi connectivity index (χ4n) is 4.60. The van der Waals surface area contributed by atoms with Gasteiger partial charge in [0, 0.05) is 25.3 Å². The molecule has 1 aliphatic carbocycles. The Balaban J connectivity index is 1.75. The van der Waals surface area contributed by atoms with Crippen LogP contribution in [0, 0.1) is 11.8 Å². The van der Waals surface area contributed by atoms with E-state index in [4.69, 9.17) is 9.47 Å². The molecule has 0 aromatic heterocycles. The van der Waals surface area contributed by atoms with Gasteiger partial charge in [-0.25, -0.2) is 0 Å². The van der Waals surface area contributed by atoms with Crippen LogP contribution in [0.2, 0.25) is 0 Å². The van der Waals surface area contributed by atoms with Gasteiger partial charge in [0.25, 0.3) is 0 Å². The van der Waals surface area contributed by atoms with Crippen molar-refractivity contribution in [3.63, 3.8) is 0 Å². The van der Waals surface area contributed by atoms with E-state index in [1.165, 1.54) is 18.2 Å². The number of carbonyl (C=O) groups is 1.